The predicted octanol–water partition coefficient (Wildman–Crippen LogP) is 4.84. The van der Waals surface area contributed by atoms with Crippen LogP contribution >= 0.6 is 11.7 Å². The number of nitro groups is 2. The summed E-state index contributed by atoms with van der Waals surface area (Å²) in [6, 6.07) is 17.0. The second kappa shape index (κ2) is 6.54. The van der Waals surface area contributed by atoms with Gasteiger partial charge in [-0.2, -0.15) is 8.75 Å². The number of hydrogen-bond acceptors (Lipinski definition) is 7. The lowest BCUT2D eigenvalue weighted by atomic mass is 9.94. The molecule has 0 aliphatic rings. The zero-order chi connectivity index (χ0) is 19.0. The van der Waals surface area contributed by atoms with Crippen LogP contribution in [0.15, 0.2) is 60.7 Å². The zero-order valence-electron chi connectivity index (χ0n) is 13.6. The molecule has 3 aromatic carbocycles. The molecule has 9 heteroatoms. The average Bonchev–Trinajstić information content (AvgIpc) is 3.16. The van der Waals surface area contributed by atoms with Crippen molar-refractivity contribution in [2.45, 2.75) is 0 Å². The van der Waals surface area contributed by atoms with E-state index in [9.17, 15) is 20.2 Å². The predicted molar refractivity (Wildman–Crippen MR) is 102 cm³/mol. The molecular weight excluding hydrogens is 368 g/mol. The van der Waals surface area contributed by atoms with E-state index in [4.69, 9.17) is 0 Å². The van der Waals surface area contributed by atoms with Crippen LogP contribution in [0.4, 0.5) is 11.4 Å². The Morgan fingerprint density at radius 1 is 0.667 bits per heavy atom. The molecule has 0 aliphatic heterocycles. The molecule has 0 atom stereocenters. The van der Waals surface area contributed by atoms with Crippen LogP contribution < -0.4 is 0 Å². The lowest BCUT2D eigenvalue weighted by Gasteiger charge is -2.09. The Balaban J connectivity index is 2.25. The van der Waals surface area contributed by atoms with Gasteiger partial charge in [0.2, 0.25) is 0 Å². The highest BCUT2D eigenvalue weighted by Crippen LogP contribution is 2.49. The summed E-state index contributed by atoms with van der Waals surface area (Å²) in [5, 5.41) is 23.9. The third-order valence-electron chi connectivity index (χ3n) is 4.15. The van der Waals surface area contributed by atoms with Crippen molar-refractivity contribution in [3.05, 3.63) is 80.9 Å². The molecule has 0 bridgehead atoms. The monoisotopic (exact) mass is 378 g/mol. The minimum Gasteiger partial charge on any atom is -0.258 e. The van der Waals surface area contributed by atoms with E-state index in [1.165, 1.54) is 0 Å². The minimum atomic E-state index is -0.717. The molecule has 8 nitrogen and oxygen atoms in total. The van der Waals surface area contributed by atoms with Crippen molar-refractivity contribution in [1.82, 2.24) is 8.75 Å². The summed E-state index contributed by atoms with van der Waals surface area (Å²) in [5.41, 5.74) is 0.570. The third-order valence-corrected chi connectivity index (χ3v) is 4.68. The first-order valence-corrected chi connectivity index (χ1v) is 8.54. The van der Waals surface area contributed by atoms with Crippen LogP contribution in [0, 0.1) is 20.2 Å². The highest BCUT2D eigenvalue weighted by molar-refractivity contribution is 7.00. The second-order valence-corrected chi connectivity index (χ2v) is 6.18. The molecule has 1 aromatic heterocycles. The van der Waals surface area contributed by atoms with Crippen LogP contribution in [0.25, 0.3) is 33.3 Å². The van der Waals surface area contributed by atoms with Crippen LogP contribution in [0.5, 0.6) is 0 Å². The van der Waals surface area contributed by atoms with Gasteiger partial charge in [0.15, 0.2) is 0 Å². The Hall–Kier alpha value is -3.72. The number of benzene rings is 3. The first-order valence-electron chi connectivity index (χ1n) is 7.81. The molecule has 0 unspecified atom stereocenters. The van der Waals surface area contributed by atoms with Gasteiger partial charge in [0.25, 0.3) is 0 Å². The van der Waals surface area contributed by atoms with Crippen molar-refractivity contribution in [3.8, 4) is 22.3 Å². The molecule has 0 spiro atoms. The Bertz CT molecular complexity index is 1080. The first kappa shape index (κ1) is 16.7. The number of aromatic nitrogens is 2. The molecule has 0 aliphatic carbocycles. The Labute approximate surface area is 156 Å². The molecular formula is C18H10N4O4S. The SMILES string of the molecule is O=[N+]([O-])c1c([N+](=O)[O-])c(-c2ccccc2)c2nsnc2c1-c1ccccc1. The number of fused-ring (bicyclic) bond motifs is 1. The maximum atomic E-state index is 11.9. The second-order valence-electron chi connectivity index (χ2n) is 5.65. The van der Waals surface area contributed by atoms with Crippen molar-refractivity contribution in [2.75, 3.05) is 0 Å². The lowest BCUT2D eigenvalue weighted by molar-refractivity contribution is -0.421. The van der Waals surface area contributed by atoms with Gasteiger partial charge in [-0.25, -0.2) is 0 Å². The van der Waals surface area contributed by atoms with Gasteiger partial charge in [-0.15, -0.1) is 0 Å². The zero-order valence-corrected chi connectivity index (χ0v) is 14.4. The summed E-state index contributed by atoms with van der Waals surface area (Å²) in [5.74, 6) is 0. The van der Waals surface area contributed by atoms with E-state index in [0.29, 0.717) is 11.1 Å². The fraction of sp³-hybridized carbons (Fsp3) is 0. The number of nitro benzene ring substituents is 2. The molecule has 132 valence electrons. The third kappa shape index (κ3) is 2.70. The largest absolute Gasteiger partial charge is 0.356 e. The van der Waals surface area contributed by atoms with Crippen LogP contribution in [-0.4, -0.2) is 18.6 Å². The molecule has 0 fully saturated rings. The average molecular weight is 378 g/mol. The molecule has 1 heterocycles. The summed E-state index contributed by atoms with van der Waals surface area (Å²) in [6.45, 7) is 0. The molecule has 4 rings (SSSR count). The van der Waals surface area contributed by atoms with E-state index in [-0.39, 0.29) is 22.2 Å². The maximum absolute atomic E-state index is 11.9. The number of rotatable bonds is 4. The Morgan fingerprint density at radius 3 is 1.37 bits per heavy atom. The van der Waals surface area contributed by atoms with Gasteiger partial charge in [0.1, 0.15) is 11.0 Å². The smallest absolute Gasteiger partial charge is 0.258 e. The van der Waals surface area contributed by atoms with E-state index in [1.807, 2.05) is 0 Å². The van der Waals surface area contributed by atoms with Crippen molar-refractivity contribution in [1.29, 1.82) is 0 Å². The molecule has 0 radical (unpaired) electrons. The quantitative estimate of drug-likeness (QED) is 0.371. The summed E-state index contributed by atoms with van der Waals surface area (Å²) >= 11 is 0.866. The van der Waals surface area contributed by atoms with Crippen LogP contribution in [-0.2, 0) is 0 Å². The number of hydrogen-bond donors (Lipinski definition) is 0. The maximum Gasteiger partial charge on any atom is 0.356 e. The van der Waals surface area contributed by atoms with Gasteiger partial charge < -0.3 is 0 Å². The van der Waals surface area contributed by atoms with Gasteiger partial charge in [0.05, 0.1) is 32.7 Å². The fourth-order valence-corrected chi connectivity index (χ4v) is 3.65. The van der Waals surface area contributed by atoms with E-state index in [1.54, 1.807) is 60.7 Å². The van der Waals surface area contributed by atoms with Crippen LogP contribution in [0.1, 0.15) is 0 Å². The van der Waals surface area contributed by atoms with Gasteiger partial charge in [-0.1, -0.05) is 60.7 Å². The molecule has 0 saturated carbocycles. The van der Waals surface area contributed by atoms with Gasteiger partial charge in [-0.3, -0.25) is 20.2 Å². The summed E-state index contributed by atoms with van der Waals surface area (Å²) in [7, 11) is 0. The van der Waals surface area contributed by atoms with E-state index >= 15 is 0 Å². The van der Waals surface area contributed by atoms with Crippen LogP contribution in [0.2, 0.25) is 0 Å². The minimum absolute atomic E-state index is 0.107. The molecule has 4 aromatic rings. The van der Waals surface area contributed by atoms with Crippen molar-refractivity contribution in [2.24, 2.45) is 0 Å². The highest BCUT2D eigenvalue weighted by atomic mass is 32.1. The van der Waals surface area contributed by atoms with Gasteiger partial charge in [-0.05, 0) is 11.1 Å². The Kier molecular flexibility index (Phi) is 4.05. The normalized spacial score (nSPS) is 10.8. The summed E-state index contributed by atoms with van der Waals surface area (Å²) < 4.78 is 8.46. The fourth-order valence-electron chi connectivity index (χ4n) is 3.09. The summed E-state index contributed by atoms with van der Waals surface area (Å²) in [4.78, 5) is 22.4. The summed E-state index contributed by atoms with van der Waals surface area (Å²) in [6.07, 6.45) is 0. The highest BCUT2D eigenvalue weighted by Gasteiger charge is 2.38. The van der Waals surface area contributed by atoms with Gasteiger partial charge >= 0.3 is 11.4 Å². The molecule has 0 amide bonds. The topological polar surface area (TPSA) is 112 Å². The molecule has 27 heavy (non-hydrogen) atoms. The first-order chi connectivity index (χ1) is 13.1. The van der Waals surface area contributed by atoms with Crippen molar-refractivity contribution >= 4 is 34.1 Å². The standard InChI is InChI=1S/C18H10N4O4S/c23-21(24)17-13(11-7-3-1-4-8-11)15-16(20-27-19-15)14(18(17)22(25)26)12-9-5-2-6-10-12/h1-10H. The van der Waals surface area contributed by atoms with E-state index in [0.717, 1.165) is 11.7 Å². The molecule has 0 saturated heterocycles. The molecule has 0 N–H and O–H groups in total. The number of nitrogens with zero attached hydrogens (tertiary/aromatic N) is 4. The van der Waals surface area contributed by atoms with Crippen molar-refractivity contribution < 1.29 is 9.85 Å². The van der Waals surface area contributed by atoms with E-state index < -0.39 is 21.2 Å². The van der Waals surface area contributed by atoms with Gasteiger partial charge in [0, 0.05) is 0 Å². The van der Waals surface area contributed by atoms with E-state index in [2.05, 4.69) is 8.75 Å². The lowest BCUT2D eigenvalue weighted by Crippen LogP contribution is -2.03. The van der Waals surface area contributed by atoms with Crippen molar-refractivity contribution in [3.63, 3.8) is 0 Å². The van der Waals surface area contributed by atoms with Crippen LogP contribution in [0.3, 0.4) is 0 Å². The Morgan fingerprint density at radius 2 is 1.04 bits per heavy atom.